The van der Waals surface area contributed by atoms with Crippen LogP contribution in [-0.2, 0) is 0 Å². The van der Waals surface area contributed by atoms with Crippen molar-refractivity contribution in [2.24, 2.45) is 0 Å². The lowest BCUT2D eigenvalue weighted by Crippen LogP contribution is -2.48. The summed E-state index contributed by atoms with van der Waals surface area (Å²) in [5, 5.41) is 0.733. The number of imidazole rings is 1. The van der Waals surface area contributed by atoms with Crippen LogP contribution in [0.3, 0.4) is 0 Å². The number of halogens is 1. The molecule has 0 aliphatic carbocycles. The predicted octanol–water partition coefficient (Wildman–Crippen LogP) is 4.41. The summed E-state index contributed by atoms with van der Waals surface area (Å²) in [5.74, 6) is 0.887. The zero-order chi connectivity index (χ0) is 23.0. The van der Waals surface area contributed by atoms with Gasteiger partial charge in [-0.25, -0.2) is 4.98 Å². The molecular weight excluding hydrogens is 434 g/mol. The highest BCUT2D eigenvalue weighted by Crippen LogP contribution is 2.24. The summed E-state index contributed by atoms with van der Waals surface area (Å²) in [6.07, 6.45) is 5.37. The monoisotopic (exact) mass is 469 g/mol. The highest BCUT2D eigenvalue weighted by Gasteiger charge is 2.16. The zero-order valence-corrected chi connectivity index (χ0v) is 20.7. The third-order valence-electron chi connectivity index (χ3n) is 6.34. The van der Waals surface area contributed by atoms with Crippen molar-refractivity contribution in [3.63, 3.8) is 0 Å². The molecule has 0 unspecified atom stereocenters. The average Bonchev–Trinajstić information content (AvgIpc) is 3.24. The number of piperazine rings is 1. The molecule has 0 N–H and O–H groups in total. The number of hydrogen-bond acceptors (Lipinski definition) is 5. The molecule has 0 atom stereocenters. The van der Waals surface area contributed by atoms with Crippen molar-refractivity contribution < 1.29 is 4.74 Å². The van der Waals surface area contributed by atoms with Crippen molar-refractivity contribution >= 4 is 22.6 Å². The van der Waals surface area contributed by atoms with Gasteiger partial charge in [-0.15, -0.1) is 0 Å². The Morgan fingerprint density at radius 2 is 1.64 bits per heavy atom. The molecule has 3 aromatic rings. The molecule has 4 rings (SSSR count). The molecule has 0 saturated carbocycles. The van der Waals surface area contributed by atoms with Gasteiger partial charge in [-0.2, -0.15) is 0 Å². The SMILES string of the molecule is CN(C)CCN1CCN(CCCCCOc2ccc3c(c2)ncn3-c2ccc(Cl)cc2)CC1. The minimum Gasteiger partial charge on any atom is -0.494 e. The second-order valence-corrected chi connectivity index (χ2v) is 9.57. The van der Waals surface area contributed by atoms with E-state index in [1.165, 1.54) is 52.1 Å². The third-order valence-corrected chi connectivity index (χ3v) is 6.59. The van der Waals surface area contributed by atoms with E-state index in [9.17, 15) is 0 Å². The number of benzene rings is 2. The van der Waals surface area contributed by atoms with Crippen LogP contribution >= 0.6 is 11.6 Å². The first kappa shape index (κ1) is 24.0. The number of likely N-dealkylation sites (N-methyl/N-ethyl adjacent to an activating group) is 1. The third kappa shape index (κ3) is 6.93. The number of nitrogens with zero attached hydrogens (tertiary/aromatic N) is 5. The summed E-state index contributed by atoms with van der Waals surface area (Å²) >= 11 is 6.01. The van der Waals surface area contributed by atoms with E-state index in [0.29, 0.717) is 0 Å². The van der Waals surface area contributed by atoms with Crippen LogP contribution in [-0.4, -0.2) is 90.8 Å². The molecule has 1 saturated heterocycles. The van der Waals surface area contributed by atoms with Gasteiger partial charge in [-0.3, -0.25) is 9.47 Å². The number of fused-ring (bicyclic) bond motifs is 1. The Balaban J connectivity index is 1.14. The van der Waals surface area contributed by atoms with Gasteiger partial charge in [0.25, 0.3) is 0 Å². The van der Waals surface area contributed by atoms with E-state index in [0.717, 1.165) is 47.1 Å². The van der Waals surface area contributed by atoms with E-state index in [1.54, 1.807) is 0 Å². The van der Waals surface area contributed by atoms with Crippen LogP contribution in [0.2, 0.25) is 5.02 Å². The first-order chi connectivity index (χ1) is 16.1. The Bertz CT molecular complexity index is 996. The van der Waals surface area contributed by atoms with Crippen LogP contribution in [0.15, 0.2) is 48.8 Å². The quantitative estimate of drug-likeness (QED) is 0.389. The molecule has 0 amide bonds. The van der Waals surface area contributed by atoms with E-state index < -0.39 is 0 Å². The minimum absolute atomic E-state index is 0.733. The van der Waals surface area contributed by atoms with Crippen molar-refractivity contribution in [1.29, 1.82) is 0 Å². The molecule has 178 valence electrons. The van der Waals surface area contributed by atoms with Crippen molar-refractivity contribution in [3.8, 4) is 11.4 Å². The Morgan fingerprint density at radius 1 is 0.909 bits per heavy atom. The predicted molar refractivity (Wildman–Crippen MR) is 137 cm³/mol. The average molecular weight is 470 g/mol. The minimum atomic E-state index is 0.733. The fourth-order valence-corrected chi connectivity index (χ4v) is 4.40. The van der Waals surface area contributed by atoms with Gasteiger partial charge in [-0.05, 0) is 76.3 Å². The lowest BCUT2D eigenvalue weighted by atomic mass is 10.2. The highest BCUT2D eigenvalue weighted by molar-refractivity contribution is 6.30. The number of unbranched alkanes of at least 4 members (excludes halogenated alkanes) is 2. The van der Waals surface area contributed by atoms with Gasteiger partial charge in [0.15, 0.2) is 0 Å². The summed E-state index contributed by atoms with van der Waals surface area (Å²) < 4.78 is 8.07. The zero-order valence-electron chi connectivity index (χ0n) is 19.9. The number of hydrogen-bond donors (Lipinski definition) is 0. The maximum Gasteiger partial charge on any atom is 0.121 e. The van der Waals surface area contributed by atoms with E-state index in [-0.39, 0.29) is 0 Å². The van der Waals surface area contributed by atoms with Gasteiger partial charge in [0.2, 0.25) is 0 Å². The number of ether oxygens (including phenoxy) is 1. The van der Waals surface area contributed by atoms with Gasteiger partial charge in [-0.1, -0.05) is 11.6 Å². The Kier molecular flexibility index (Phi) is 8.62. The van der Waals surface area contributed by atoms with Gasteiger partial charge in [0, 0.05) is 56.0 Å². The first-order valence-corrected chi connectivity index (χ1v) is 12.4. The van der Waals surface area contributed by atoms with Crippen LogP contribution in [0.4, 0.5) is 0 Å². The molecule has 6 nitrogen and oxygen atoms in total. The van der Waals surface area contributed by atoms with E-state index in [1.807, 2.05) is 42.7 Å². The summed E-state index contributed by atoms with van der Waals surface area (Å²) in [6, 6.07) is 13.9. The molecule has 7 heteroatoms. The fraction of sp³-hybridized carbons (Fsp3) is 0.500. The van der Waals surface area contributed by atoms with Crippen molar-refractivity contribution in [3.05, 3.63) is 53.8 Å². The van der Waals surface area contributed by atoms with Crippen molar-refractivity contribution in [1.82, 2.24) is 24.3 Å². The lowest BCUT2D eigenvalue weighted by molar-refractivity contribution is 0.123. The molecule has 1 aromatic heterocycles. The van der Waals surface area contributed by atoms with Crippen molar-refractivity contribution in [2.75, 3.05) is 66.5 Å². The normalized spacial score (nSPS) is 15.5. The largest absolute Gasteiger partial charge is 0.494 e. The molecule has 1 fully saturated rings. The maximum atomic E-state index is 6.01. The topological polar surface area (TPSA) is 36.8 Å². The second-order valence-electron chi connectivity index (χ2n) is 9.14. The molecule has 1 aliphatic rings. The van der Waals surface area contributed by atoms with Crippen LogP contribution in [0.25, 0.3) is 16.7 Å². The molecule has 0 radical (unpaired) electrons. The van der Waals surface area contributed by atoms with Crippen LogP contribution in [0.1, 0.15) is 19.3 Å². The van der Waals surface area contributed by atoms with Crippen LogP contribution < -0.4 is 4.74 Å². The summed E-state index contributed by atoms with van der Waals surface area (Å²) in [6.45, 7) is 9.10. The van der Waals surface area contributed by atoms with E-state index in [2.05, 4.69) is 44.4 Å². The molecule has 1 aliphatic heterocycles. The number of rotatable bonds is 11. The van der Waals surface area contributed by atoms with Gasteiger partial charge in [0.1, 0.15) is 12.1 Å². The molecule has 2 heterocycles. The number of aromatic nitrogens is 2. The van der Waals surface area contributed by atoms with E-state index in [4.69, 9.17) is 16.3 Å². The van der Waals surface area contributed by atoms with Crippen molar-refractivity contribution in [2.45, 2.75) is 19.3 Å². The van der Waals surface area contributed by atoms with E-state index >= 15 is 0 Å². The molecule has 2 aromatic carbocycles. The molecular formula is C26H36ClN5O. The molecule has 0 spiro atoms. The molecule has 33 heavy (non-hydrogen) atoms. The smallest absolute Gasteiger partial charge is 0.121 e. The van der Waals surface area contributed by atoms with Gasteiger partial charge < -0.3 is 14.5 Å². The lowest BCUT2D eigenvalue weighted by Gasteiger charge is -2.35. The van der Waals surface area contributed by atoms with Gasteiger partial charge >= 0.3 is 0 Å². The maximum absolute atomic E-state index is 6.01. The van der Waals surface area contributed by atoms with Crippen LogP contribution in [0, 0.1) is 0 Å². The Hall–Kier alpha value is -2.12. The summed E-state index contributed by atoms with van der Waals surface area (Å²) in [4.78, 5) is 12.0. The first-order valence-electron chi connectivity index (χ1n) is 12.0. The molecule has 0 bridgehead atoms. The summed E-state index contributed by atoms with van der Waals surface area (Å²) in [7, 11) is 4.29. The Labute approximate surface area is 202 Å². The van der Waals surface area contributed by atoms with Gasteiger partial charge in [0.05, 0.1) is 17.6 Å². The van der Waals surface area contributed by atoms with Crippen LogP contribution in [0.5, 0.6) is 5.75 Å². The summed E-state index contributed by atoms with van der Waals surface area (Å²) in [5.41, 5.74) is 3.05. The second kappa shape index (κ2) is 11.8. The standard InChI is InChI=1S/C26H36ClN5O/c1-29(2)13-14-31-17-15-30(16-18-31)12-4-3-5-19-33-24-10-11-26-25(20-24)28-21-32(26)23-8-6-22(27)7-9-23/h6-11,20-21H,3-5,12-19H2,1-2H3. The highest BCUT2D eigenvalue weighted by atomic mass is 35.5. The Morgan fingerprint density at radius 3 is 2.36 bits per heavy atom. The fourth-order valence-electron chi connectivity index (χ4n) is 4.27.